The molecule has 0 saturated carbocycles. The number of carbonyl (C=O) groups is 1. The van der Waals surface area contributed by atoms with E-state index in [9.17, 15) is 4.79 Å². The summed E-state index contributed by atoms with van der Waals surface area (Å²) in [6, 6.07) is 12.6. The molecular formula is C20H19NO4. The lowest BCUT2D eigenvalue weighted by molar-refractivity contribution is -0.128. The first-order valence-electron chi connectivity index (χ1n) is 8.14. The summed E-state index contributed by atoms with van der Waals surface area (Å²) in [4.78, 5) is 16.2. The Balaban J connectivity index is 1.61. The van der Waals surface area contributed by atoms with Crippen LogP contribution in [0.4, 0.5) is 0 Å². The highest BCUT2D eigenvalue weighted by Gasteiger charge is 2.06. The predicted octanol–water partition coefficient (Wildman–Crippen LogP) is 4.54. The zero-order valence-electron chi connectivity index (χ0n) is 14.2. The van der Waals surface area contributed by atoms with Gasteiger partial charge in [-0.1, -0.05) is 19.1 Å². The summed E-state index contributed by atoms with van der Waals surface area (Å²) in [7, 11) is 0. The van der Waals surface area contributed by atoms with Crippen molar-refractivity contribution in [2.45, 2.75) is 20.3 Å². The van der Waals surface area contributed by atoms with Crippen LogP contribution in [0.5, 0.6) is 11.5 Å². The molecule has 3 aromatic rings. The largest absolute Gasteiger partial charge is 0.494 e. The van der Waals surface area contributed by atoms with Gasteiger partial charge in [-0.15, -0.1) is 0 Å². The fourth-order valence-electron chi connectivity index (χ4n) is 2.29. The van der Waals surface area contributed by atoms with Crippen molar-refractivity contribution in [1.82, 2.24) is 4.98 Å². The highest BCUT2D eigenvalue weighted by Crippen LogP contribution is 2.21. The van der Waals surface area contributed by atoms with E-state index in [0.717, 1.165) is 23.3 Å². The summed E-state index contributed by atoms with van der Waals surface area (Å²) in [6.45, 7) is 4.52. The Morgan fingerprint density at radius 3 is 2.68 bits per heavy atom. The number of aryl methyl sites for hydroxylation is 1. The smallest absolute Gasteiger partial charge is 0.336 e. The van der Waals surface area contributed by atoms with Crippen LogP contribution in [0.1, 0.15) is 24.8 Å². The second kappa shape index (κ2) is 7.66. The van der Waals surface area contributed by atoms with Gasteiger partial charge in [-0.2, -0.15) is 0 Å². The van der Waals surface area contributed by atoms with Crippen molar-refractivity contribution < 1.29 is 18.7 Å². The van der Waals surface area contributed by atoms with Gasteiger partial charge in [-0.25, -0.2) is 9.78 Å². The van der Waals surface area contributed by atoms with Gasteiger partial charge < -0.3 is 13.9 Å². The van der Waals surface area contributed by atoms with E-state index in [1.807, 2.05) is 24.3 Å². The molecule has 1 heterocycles. The van der Waals surface area contributed by atoms with E-state index in [0.29, 0.717) is 23.8 Å². The van der Waals surface area contributed by atoms with Gasteiger partial charge in [0, 0.05) is 19.1 Å². The number of oxazole rings is 1. The van der Waals surface area contributed by atoms with Gasteiger partial charge in [0.05, 0.1) is 6.61 Å². The monoisotopic (exact) mass is 337 g/mol. The van der Waals surface area contributed by atoms with E-state index in [1.54, 1.807) is 31.2 Å². The Kier molecular flexibility index (Phi) is 5.14. The second-order valence-corrected chi connectivity index (χ2v) is 5.53. The number of hydrogen-bond donors (Lipinski definition) is 0. The quantitative estimate of drug-likeness (QED) is 0.375. The van der Waals surface area contributed by atoms with Crippen molar-refractivity contribution >= 4 is 23.1 Å². The summed E-state index contributed by atoms with van der Waals surface area (Å²) < 4.78 is 16.2. The number of nitrogens with zero attached hydrogens (tertiary/aromatic N) is 1. The first kappa shape index (κ1) is 16.8. The number of benzene rings is 2. The molecule has 0 spiro atoms. The molecular weight excluding hydrogens is 318 g/mol. The van der Waals surface area contributed by atoms with Crippen molar-refractivity contribution in [3.8, 4) is 11.5 Å². The number of esters is 1. The number of aromatic nitrogens is 1. The molecule has 3 rings (SSSR count). The second-order valence-electron chi connectivity index (χ2n) is 5.53. The molecule has 0 bridgehead atoms. The van der Waals surface area contributed by atoms with Crippen LogP contribution in [0.15, 0.2) is 53.0 Å². The SMILES string of the molecule is CCCOc1ccc(/C=C/C(=O)Oc2ccc3nc(C)oc3c2)cc1. The topological polar surface area (TPSA) is 61.6 Å². The van der Waals surface area contributed by atoms with Gasteiger partial charge >= 0.3 is 5.97 Å². The molecule has 25 heavy (non-hydrogen) atoms. The average Bonchev–Trinajstić information content (AvgIpc) is 2.98. The summed E-state index contributed by atoms with van der Waals surface area (Å²) in [5.41, 5.74) is 2.22. The molecule has 0 saturated heterocycles. The molecule has 0 unspecified atom stereocenters. The molecule has 1 aromatic heterocycles. The number of rotatable bonds is 6. The fourth-order valence-corrected chi connectivity index (χ4v) is 2.29. The number of carbonyl (C=O) groups excluding carboxylic acids is 1. The average molecular weight is 337 g/mol. The third-order valence-corrected chi connectivity index (χ3v) is 3.45. The van der Waals surface area contributed by atoms with E-state index in [4.69, 9.17) is 13.9 Å². The van der Waals surface area contributed by atoms with E-state index in [2.05, 4.69) is 11.9 Å². The lowest BCUT2D eigenvalue weighted by atomic mass is 10.2. The van der Waals surface area contributed by atoms with Crippen LogP contribution in [-0.4, -0.2) is 17.6 Å². The maximum Gasteiger partial charge on any atom is 0.336 e. The molecule has 0 radical (unpaired) electrons. The van der Waals surface area contributed by atoms with Crippen LogP contribution in [0, 0.1) is 6.92 Å². The van der Waals surface area contributed by atoms with Crippen LogP contribution in [0.3, 0.4) is 0 Å². The van der Waals surface area contributed by atoms with Crippen molar-refractivity contribution in [3.05, 3.63) is 60.0 Å². The van der Waals surface area contributed by atoms with Gasteiger partial charge in [-0.3, -0.25) is 0 Å². The van der Waals surface area contributed by atoms with Crippen LogP contribution in [0.25, 0.3) is 17.2 Å². The lowest BCUT2D eigenvalue weighted by Crippen LogP contribution is -2.03. The molecule has 0 fully saturated rings. The molecule has 128 valence electrons. The van der Waals surface area contributed by atoms with E-state index < -0.39 is 5.97 Å². The first-order chi connectivity index (χ1) is 12.1. The number of ether oxygens (including phenoxy) is 2. The van der Waals surface area contributed by atoms with Crippen molar-refractivity contribution in [3.63, 3.8) is 0 Å². The van der Waals surface area contributed by atoms with Gasteiger partial charge in [0.1, 0.15) is 17.0 Å². The lowest BCUT2D eigenvalue weighted by Gasteiger charge is -2.04. The summed E-state index contributed by atoms with van der Waals surface area (Å²) in [5, 5.41) is 0. The highest BCUT2D eigenvalue weighted by molar-refractivity contribution is 5.89. The van der Waals surface area contributed by atoms with E-state index >= 15 is 0 Å². The molecule has 5 heteroatoms. The maximum atomic E-state index is 12.0. The van der Waals surface area contributed by atoms with Crippen molar-refractivity contribution in [2.24, 2.45) is 0 Å². The molecule has 2 aromatic carbocycles. The minimum atomic E-state index is -0.457. The highest BCUT2D eigenvalue weighted by atomic mass is 16.5. The third kappa shape index (κ3) is 4.47. The van der Waals surface area contributed by atoms with Crippen LogP contribution in [-0.2, 0) is 4.79 Å². The van der Waals surface area contributed by atoms with Crippen molar-refractivity contribution in [1.29, 1.82) is 0 Å². The van der Waals surface area contributed by atoms with Crippen LogP contribution < -0.4 is 9.47 Å². The number of fused-ring (bicyclic) bond motifs is 1. The molecule has 0 aliphatic carbocycles. The molecule has 5 nitrogen and oxygen atoms in total. The summed E-state index contributed by atoms with van der Waals surface area (Å²) >= 11 is 0. The molecule has 0 aliphatic heterocycles. The molecule has 0 atom stereocenters. The summed E-state index contributed by atoms with van der Waals surface area (Å²) in [5.74, 6) is 1.35. The first-order valence-corrected chi connectivity index (χ1v) is 8.14. The Morgan fingerprint density at radius 2 is 1.92 bits per heavy atom. The van der Waals surface area contributed by atoms with Gasteiger partial charge in [-0.05, 0) is 42.3 Å². The maximum absolute atomic E-state index is 12.0. The fraction of sp³-hybridized carbons (Fsp3) is 0.200. The predicted molar refractivity (Wildman–Crippen MR) is 95.6 cm³/mol. The van der Waals surface area contributed by atoms with Crippen LogP contribution in [0.2, 0.25) is 0 Å². The molecule has 0 aliphatic rings. The van der Waals surface area contributed by atoms with Gasteiger partial charge in [0.2, 0.25) is 0 Å². The third-order valence-electron chi connectivity index (χ3n) is 3.45. The molecule has 0 amide bonds. The van der Waals surface area contributed by atoms with E-state index in [1.165, 1.54) is 6.08 Å². The Hall–Kier alpha value is -3.08. The van der Waals surface area contributed by atoms with E-state index in [-0.39, 0.29) is 0 Å². The van der Waals surface area contributed by atoms with Crippen molar-refractivity contribution in [2.75, 3.05) is 6.61 Å². The van der Waals surface area contributed by atoms with Gasteiger partial charge in [0.25, 0.3) is 0 Å². The standard InChI is InChI=1S/C20H19NO4/c1-3-12-23-16-7-4-15(5-8-16)6-11-20(22)25-17-9-10-18-19(13-17)24-14(2)21-18/h4-11,13H,3,12H2,1-2H3/b11-6+. The number of hydrogen-bond acceptors (Lipinski definition) is 5. The van der Waals surface area contributed by atoms with Crippen LogP contribution >= 0.6 is 0 Å². The van der Waals surface area contributed by atoms with Gasteiger partial charge in [0.15, 0.2) is 11.5 Å². The molecule has 0 N–H and O–H groups in total. The minimum Gasteiger partial charge on any atom is -0.494 e. The minimum absolute atomic E-state index is 0.418. The Morgan fingerprint density at radius 1 is 1.16 bits per heavy atom. The zero-order valence-corrected chi connectivity index (χ0v) is 14.2. The summed E-state index contributed by atoms with van der Waals surface area (Å²) in [6.07, 6.45) is 4.05. The zero-order chi connectivity index (χ0) is 17.6. The Bertz CT molecular complexity index is 894. The normalized spacial score (nSPS) is 11.1. The Labute approximate surface area is 145 Å².